The molecule has 3 nitrogen and oxygen atoms in total. The molecule has 3 aromatic rings. The lowest BCUT2D eigenvalue weighted by molar-refractivity contribution is -0.144. The van der Waals surface area contributed by atoms with Gasteiger partial charge in [-0.05, 0) is 23.1 Å². The first-order chi connectivity index (χ1) is 10.2. The van der Waals surface area contributed by atoms with E-state index in [2.05, 4.69) is 15.0 Å². The van der Waals surface area contributed by atoms with E-state index in [-0.39, 0.29) is 10.9 Å². The summed E-state index contributed by atoms with van der Waals surface area (Å²) in [6.07, 6.45) is -1.74. The summed E-state index contributed by atoms with van der Waals surface area (Å²) < 4.78 is 38.5. The molecule has 0 bridgehead atoms. The number of pyridine rings is 1. The van der Waals surface area contributed by atoms with E-state index >= 15 is 0 Å². The Hall–Kier alpha value is -2.24. The van der Waals surface area contributed by atoms with E-state index in [4.69, 9.17) is 0 Å². The van der Waals surface area contributed by atoms with Gasteiger partial charge in [-0.15, -0.1) is 0 Å². The van der Waals surface area contributed by atoms with Crippen LogP contribution in [0.25, 0.3) is 21.8 Å². The van der Waals surface area contributed by atoms with E-state index in [0.29, 0.717) is 10.9 Å². The van der Waals surface area contributed by atoms with E-state index in [0.717, 1.165) is 10.9 Å². The smallest absolute Gasteiger partial charge is 0.255 e. The summed E-state index contributed by atoms with van der Waals surface area (Å²) in [4.78, 5) is 11.5. The molecule has 3 rings (SSSR count). The first kappa shape index (κ1) is 14.7. The number of alkyl halides is 3. The summed E-state index contributed by atoms with van der Waals surface area (Å²) in [5.41, 5.74) is 1.56. The molecule has 0 unspecified atom stereocenters. The molecule has 0 aliphatic rings. The number of benzene rings is 1. The second-order valence-corrected chi connectivity index (χ2v) is 6.20. The van der Waals surface area contributed by atoms with Gasteiger partial charge in [0, 0.05) is 23.2 Å². The minimum Gasteiger partial charge on any atom is -0.255 e. The van der Waals surface area contributed by atoms with Gasteiger partial charge in [-0.2, -0.15) is 13.2 Å². The van der Waals surface area contributed by atoms with E-state index in [9.17, 15) is 13.2 Å². The molecule has 2 heterocycles. The first-order valence-electron chi connectivity index (χ1n) is 6.80. The van der Waals surface area contributed by atoms with Crippen molar-refractivity contribution >= 4 is 21.8 Å². The molecule has 0 atom stereocenters. The number of halogens is 3. The molecule has 0 aliphatic carbocycles. The van der Waals surface area contributed by atoms with Gasteiger partial charge in [0.2, 0.25) is 5.82 Å². The highest BCUT2D eigenvalue weighted by molar-refractivity contribution is 6.05. The summed E-state index contributed by atoms with van der Waals surface area (Å²) >= 11 is 0. The Morgan fingerprint density at radius 2 is 1.73 bits per heavy atom. The maximum atomic E-state index is 12.8. The average Bonchev–Trinajstić information content (AvgIpc) is 2.44. The Balaban J connectivity index is 2.44. The Morgan fingerprint density at radius 1 is 1.00 bits per heavy atom. The molecule has 0 saturated heterocycles. The Labute approximate surface area is 125 Å². The topological polar surface area (TPSA) is 38.7 Å². The quantitative estimate of drug-likeness (QED) is 0.574. The molecule has 0 saturated carbocycles. The molecule has 1 aromatic carbocycles. The highest BCUT2D eigenvalue weighted by Crippen LogP contribution is 2.35. The average molecular weight is 305 g/mol. The van der Waals surface area contributed by atoms with Crippen LogP contribution < -0.4 is 0 Å². The molecule has 0 spiro atoms. The van der Waals surface area contributed by atoms with Crippen molar-refractivity contribution in [3.8, 4) is 0 Å². The lowest BCUT2D eigenvalue weighted by Gasteiger charge is -2.22. The Kier molecular flexibility index (Phi) is 3.09. The van der Waals surface area contributed by atoms with Crippen LogP contribution in [0.3, 0.4) is 0 Å². The third-order valence-corrected chi connectivity index (χ3v) is 3.51. The Morgan fingerprint density at radius 3 is 2.36 bits per heavy atom. The van der Waals surface area contributed by atoms with Crippen LogP contribution in [0.4, 0.5) is 13.2 Å². The molecule has 0 fully saturated rings. The van der Waals surface area contributed by atoms with Gasteiger partial charge in [-0.3, -0.25) is 4.98 Å². The number of aromatic nitrogens is 3. The zero-order valence-electron chi connectivity index (χ0n) is 12.4. The highest BCUT2D eigenvalue weighted by atomic mass is 19.4. The highest BCUT2D eigenvalue weighted by Gasteiger charge is 2.35. The number of rotatable bonds is 0. The fraction of sp³-hybridized carbons (Fsp3) is 0.312. The van der Waals surface area contributed by atoms with Gasteiger partial charge >= 0.3 is 6.18 Å². The van der Waals surface area contributed by atoms with Gasteiger partial charge < -0.3 is 0 Å². The minimum absolute atomic E-state index is 0.237. The zero-order chi connectivity index (χ0) is 16.1. The molecule has 2 aromatic heterocycles. The normalized spacial score (nSPS) is 13.0. The van der Waals surface area contributed by atoms with Gasteiger partial charge in [0.25, 0.3) is 0 Å². The van der Waals surface area contributed by atoms with Crippen LogP contribution in [-0.4, -0.2) is 15.0 Å². The third kappa shape index (κ3) is 2.38. The van der Waals surface area contributed by atoms with Crippen LogP contribution in [0.5, 0.6) is 0 Å². The lowest BCUT2D eigenvalue weighted by atomic mass is 9.84. The Bertz CT molecular complexity index is 864. The second kappa shape index (κ2) is 4.63. The molecule has 114 valence electrons. The first-order valence-corrected chi connectivity index (χ1v) is 6.80. The fourth-order valence-corrected chi connectivity index (χ4v) is 2.50. The van der Waals surface area contributed by atoms with Gasteiger partial charge in [-0.25, -0.2) is 9.97 Å². The van der Waals surface area contributed by atoms with E-state index in [1.165, 1.54) is 6.20 Å². The van der Waals surface area contributed by atoms with Crippen molar-refractivity contribution in [2.45, 2.75) is 32.4 Å². The number of hydrogen-bond acceptors (Lipinski definition) is 3. The van der Waals surface area contributed by atoms with E-state index in [1.807, 2.05) is 32.9 Å². The van der Waals surface area contributed by atoms with Crippen molar-refractivity contribution in [1.82, 2.24) is 15.0 Å². The molecule has 22 heavy (non-hydrogen) atoms. The molecular formula is C16H14F3N3. The number of fused-ring (bicyclic) bond motifs is 3. The summed E-state index contributed by atoms with van der Waals surface area (Å²) in [6.45, 7) is 6.02. The van der Waals surface area contributed by atoms with Crippen molar-refractivity contribution < 1.29 is 13.2 Å². The van der Waals surface area contributed by atoms with Crippen LogP contribution >= 0.6 is 0 Å². The van der Waals surface area contributed by atoms with Crippen molar-refractivity contribution in [2.24, 2.45) is 0 Å². The second-order valence-electron chi connectivity index (χ2n) is 6.20. The molecule has 6 heteroatoms. The summed E-state index contributed by atoms with van der Waals surface area (Å²) in [5.74, 6) is -1.13. The molecule has 0 aliphatic heterocycles. The summed E-state index contributed by atoms with van der Waals surface area (Å²) in [6, 6.07) is 5.44. The van der Waals surface area contributed by atoms with E-state index < -0.39 is 12.0 Å². The minimum atomic E-state index is -4.56. The van der Waals surface area contributed by atoms with Crippen LogP contribution in [-0.2, 0) is 11.6 Å². The SMILES string of the molecule is CC(C)(C)c1cc2nc(C(F)(F)F)ncc2c2ncccc12. The zero-order valence-corrected chi connectivity index (χ0v) is 12.4. The predicted molar refractivity (Wildman–Crippen MR) is 78.5 cm³/mol. The van der Waals surface area contributed by atoms with Gasteiger partial charge in [-0.1, -0.05) is 26.8 Å². The van der Waals surface area contributed by atoms with Gasteiger partial charge in [0.15, 0.2) is 0 Å². The van der Waals surface area contributed by atoms with Crippen molar-refractivity contribution in [3.63, 3.8) is 0 Å². The maximum absolute atomic E-state index is 12.8. The van der Waals surface area contributed by atoms with Gasteiger partial charge in [0.05, 0.1) is 11.0 Å². The van der Waals surface area contributed by atoms with Crippen molar-refractivity contribution in [3.05, 3.63) is 42.0 Å². The molecule has 0 radical (unpaired) electrons. The van der Waals surface area contributed by atoms with E-state index in [1.54, 1.807) is 12.3 Å². The van der Waals surface area contributed by atoms with Crippen LogP contribution in [0.1, 0.15) is 32.2 Å². The molecule has 0 amide bonds. The van der Waals surface area contributed by atoms with Crippen LogP contribution in [0, 0.1) is 0 Å². The van der Waals surface area contributed by atoms with Gasteiger partial charge in [0.1, 0.15) is 0 Å². The third-order valence-electron chi connectivity index (χ3n) is 3.51. The molecular weight excluding hydrogens is 291 g/mol. The fourth-order valence-electron chi connectivity index (χ4n) is 2.50. The lowest BCUT2D eigenvalue weighted by Crippen LogP contribution is -2.14. The van der Waals surface area contributed by atoms with Crippen LogP contribution in [0.2, 0.25) is 0 Å². The number of hydrogen-bond donors (Lipinski definition) is 0. The van der Waals surface area contributed by atoms with Crippen molar-refractivity contribution in [1.29, 1.82) is 0 Å². The number of nitrogens with zero attached hydrogens (tertiary/aromatic N) is 3. The monoisotopic (exact) mass is 305 g/mol. The van der Waals surface area contributed by atoms with Crippen molar-refractivity contribution in [2.75, 3.05) is 0 Å². The molecule has 0 N–H and O–H groups in total. The van der Waals surface area contributed by atoms with Crippen LogP contribution in [0.15, 0.2) is 30.6 Å². The predicted octanol–water partition coefficient (Wildman–Crippen LogP) is 4.49. The largest absolute Gasteiger partial charge is 0.451 e. The summed E-state index contributed by atoms with van der Waals surface area (Å²) in [5, 5.41) is 1.43. The standard InChI is InChI=1S/C16H14F3N3/c1-15(2,3)11-7-12-10(13-9(11)5-4-6-20-13)8-21-14(22-12)16(17,18)19/h4-8H,1-3H3. The maximum Gasteiger partial charge on any atom is 0.451 e. The summed E-state index contributed by atoms with van der Waals surface area (Å²) in [7, 11) is 0.